The van der Waals surface area contributed by atoms with E-state index < -0.39 is 12.2 Å². The number of carbonyl (C=O) groups excluding carboxylic acids is 2. The van der Waals surface area contributed by atoms with Crippen LogP contribution >= 0.6 is 23.2 Å². The van der Waals surface area contributed by atoms with Crippen LogP contribution in [0.25, 0.3) is 0 Å². The first kappa shape index (κ1) is 22.2. The van der Waals surface area contributed by atoms with Crippen molar-refractivity contribution in [2.24, 2.45) is 0 Å². The van der Waals surface area contributed by atoms with E-state index in [1.54, 1.807) is 30.3 Å². The Morgan fingerprint density at radius 3 is 2.32 bits per heavy atom. The van der Waals surface area contributed by atoms with Crippen LogP contribution in [0.2, 0.25) is 0 Å². The summed E-state index contributed by atoms with van der Waals surface area (Å²) in [5, 5.41) is 20.2. The van der Waals surface area contributed by atoms with Crippen LogP contribution < -0.4 is 4.74 Å². The zero-order valence-corrected chi connectivity index (χ0v) is 18.3. The minimum Gasteiger partial charge on any atom is -0.491 e. The molecule has 6 nitrogen and oxygen atoms in total. The van der Waals surface area contributed by atoms with Crippen LogP contribution in [0.3, 0.4) is 0 Å². The van der Waals surface area contributed by atoms with Crippen molar-refractivity contribution in [1.29, 1.82) is 0 Å². The van der Waals surface area contributed by atoms with Gasteiger partial charge >= 0.3 is 0 Å². The summed E-state index contributed by atoms with van der Waals surface area (Å²) in [7, 11) is 0. The molecule has 31 heavy (non-hydrogen) atoms. The second kappa shape index (κ2) is 9.27. The Kier molecular flexibility index (Phi) is 6.65. The monoisotopic (exact) mass is 463 g/mol. The molecule has 2 aromatic carbocycles. The van der Waals surface area contributed by atoms with Crippen LogP contribution in [0.4, 0.5) is 0 Å². The quantitative estimate of drug-likeness (QED) is 0.499. The fourth-order valence-electron chi connectivity index (χ4n) is 4.34. The van der Waals surface area contributed by atoms with Crippen molar-refractivity contribution in [1.82, 2.24) is 4.90 Å². The van der Waals surface area contributed by atoms with E-state index in [1.807, 2.05) is 0 Å². The molecule has 0 fully saturated rings. The third-order valence-corrected chi connectivity index (χ3v) is 6.22. The van der Waals surface area contributed by atoms with Gasteiger partial charge < -0.3 is 14.9 Å². The fourth-order valence-corrected chi connectivity index (χ4v) is 4.82. The molecule has 0 aromatic heterocycles. The number of rotatable bonds is 8. The highest BCUT2D eigenvalue weighted by atomic mass is 35.5. The SMILES string of the molecule is O=C1c2ccc3c(c2C(=O)c2cccc(OCCN(CCCl)CCCl)c21)CC(O)C3O. The van der Waals surface area contributed by atoms with E-state index in [0.717, 1.165) is 0 Å². The lowest BCUT2D eigenvalue weighted by molar-refractivity contribution is 0.0326. The average molecular weight is 464 g/mol. The van der Waals surface area contributed by atoms with Crippen molar-refractivity contribution < 1.29 is 24.5 Å². The Morgan fingerprint density at radius 2 is 1.61 bits per heavy atom. The van der Waals surface area contributed by atoms with Gasteiger partial charge in [0.15, 0.2) is 11.6 Å². The number of ether oxygens (including phenoxy) is 1. The van der Waals surface area contributed by atoms with Gasteiger partial charge in [-0.05, 0) is 23.3 Å². The number of aliphatic hydroxyl groups excluding tert-OH is 2. The van der Waals surface area contributed by atoms with Crippen molar-refractivity contribution >= 4 is 34.8 Å². The van der Waals surface area contributed by atoms with Gasteiger partial charge in [-0.25, -0.2) is 0 Å². The summed E-state index contributed by atoms with van der Waals surface area (Å²) in [6.07, 6.45) is -1.89. The number of aliphatic hydroxyl groups is 2. The smallest absolute Gasteiger partial charge is 0.198 e. The molecule has 8 heteroatoms. The number of carbonyl (C=O) groups is 2. The van der Waals surface area contributed by atoms with Gasteiger partial charge in [-0.3, -0.25) is 14.5 Å². The van der Waals surface area contributed by atoms with E-state index in [-0.39, 0.29) is 40.2 Å². The molecule has 2 aliphatic carbocycles. The fraction of sp³-hybridized carbons (Fsp3) is 0.391. The first-order chi connectivity index (χ1) is 15.0. The molecular weight excluding hydrogens is 441 g/mol. The lowest BCUT2D eigenvalue weighted by Crippen LogP contribution is -2.32. The van der Waals surface area contributed by atoms with Gasteiger partial charge in [-0.2, -0.15) is 0 Å². The number of hydrogen-bond acceptors (Lipinski definition) is 6. The molecule has 0 saturated carbocycles. The highest BCUT2D eigenvalue weighted by Crippen LogP contribution is 2.40. The van der Waals surface area contributed by atoms with Gasteiger partial charge in [0, 0.05) is 54.5 Å². The van der Waals surface area contributed by atoms with Gasteiger partial charge in [-0.15, -0.1) is 23.2 Å². The zero-order chi connectivity index (χ0) is 22.1. The average Bonchev–Trinajstić information content (AvgIpc) is 3.05. The third-order valence-electron chi connectivity index (χ3n) is 5.88. The minimum absolute atomic E-state index is 0.140. The van der Waals surface area contributed by atoms with Crippen molar-refractivity contribution in [2.45, 2.75) is 18.6 Å². The lowest BCUT2D eigenvalue weighted by atomic mass is 9.80. The van der Waals surface area contributed by atoms with Crippen LogP contribution in [-0.4, -0.2) is 70.8 Å². The van der Waals surface area contributed by atoms with Gasteiger partial charge in [0.25, 0.3) is 0 Å². The van der Waals surface area contributed by atoms with Crippen molar-refractivity contribution in [3.63, 3.8) is 0 Å². The number of halogens is 2. The van der Waals surface area contributed by atoms with E-state index in [4.69, 9.17) is 27.9 Å². The zero-order valence-electron chi connectivity index (χ0n) is 16.8. The maximum atomic E-state index is 13.3. The minimum atomic E-state index is -1.05. The van der Waals surface area contributed by atoms with Gasteiger partial charge in [0.1, 0.15) is 18.5 Å². The van der Waals surface area contributed by atoms with E-state index in [1.165, 1.54) is 0 Å². The molecule has 0 heterocycles. The number of ketones is 2. The first-order valence-corrected chi connectivity index (χ1v) is 11.3. The number of nitrogens with zero attached hydrogens (tertiary/aromatic N) is 1. The van der Waals surface area contributed by atoms with Crippen molar-refractivity contribution in [2.75, 3.05) is 38.0 Å². The van der Waals surface area contributed by atoms with Crippen LogP contribution in [0, 0.1) is 0 Å². The van der Waals surface area contributed by atoms with Crippen molar-refractivity contribution in [3.8, 4) is 5.75 Å². The summed E-state index contributed by atoms with van der Waals surface area (Å²) in [6.45, 7) is 2.27. The second-order valence-corrected chi connectivity index (χ2v) is 8.43. The van der Waals surface area contributed by atoms with Gasteiger partial charge in [0.05, 0.1) is 11.7 Å². The Hall–Kier alpha value is -1.96. The molecule has 0 aliphatic heterocycles. The molecule has 164 valence electrons. The standard InChI is InChI=1S/C23H23Cl2NO5/c24-6-8-26(9-7-25)10-11-31-18-3-1-2-14-20(18)23(30)15-5-4-13-16(19(15)22(14)29)12-17(27)21(13)28/h1-5,17,21,27-28H,6-12H2. The molecular formula is C23H23Cl2NO5. The van der Waals surface area contributed by atoms with E-state index in [9.17, 15) is 19.8 Å². The number of benzene rings is 2. The number of hydrogen-bond donors (Lipinski definition) is 2. The Bertz CT molecular complexity index is 1020. The van der Waals surface area contributed by atoms with Crippen LogP contribution in [-0.2, 0) is 6.42 Å². The van der Waals surface area contributed by atoms with Gasteiger partial charge in [-0.1, -0.05) is 18.2 Å². The second-order valence-electron chi connectivity index (χ2n) is 7.68. The van der Waals surface area contributed by atoms with E-state index in [2.05, 4.69) is 4.90 Å². The highest BCUT2D eigenvalue weighted by molar-refractivity contribution is 6.30. The summed E-state index contributed by atoms with van der Waals surface area (Å²) in [6, 6.07) is 8.15. The predicted octanol–water partition coefficient (Wildman–Crippen LogP) is 2.57. The topological polar surface area (TPSA) is 87.1 Å². The molecule has 0 saturated heterocycles. The first-order valence-electron chi connectivity index (χ1n) is 10.2. The number of alkyl halides is 2. The third kappa shape index (κ3) is 3.99. The Balaban J connectivity index is 1.63. The Morgan fingerprint density at radius 1 is 0.935 bits per heavy atom. The summed E-state index contributed by atoms with van der Waals surface area (Å²) in [5.74, 6) is 0.736. The molecule has 0 spiro atoms. The Labute approximate surface area is 190 Å². The van der Waals surface area contributed by atoms with Crippen LogP contribution in [0.5, 0.6) is 5.75 Å². The molecule has 4 rings (SSSR count). The van der Waals surface area contributed by atoms with E-state index in [0.29, 0.717) is 54.9 Å². The summed E-state index contributed by atoms with van der Waals surface area (Å²) in [4.78, 5) is 28.7. The van der Waals surface area contributed by atoms with Gasteiger partial charge in [0.2, 0.25) is 0 Å². The summed E-state index contributed by atoms with van der Waals surface area (Å²) < 4.78 is 5.91. The summed E-state index contributed by atoms with van der Waals surface area (Å²) >= 11 is 11.7. The molecule has 2 unspecified atom stereocenters. The number of fused-ring (bicyclic) bond motifs is 4. The van der Waals surface area contributed by atoms with Crippen LogP contribution in [0.1, 0.15) is 49.1 Å². The molecule has 0 radical (unpaired) electrons. The summed E-state index contributed by atoms with van der Waals surface area (Å²) in [5.41, 5.74) is 2.13. The molecule has 2 N–H and O–H groups in total. The van der Waals surface area contributed by atoms with Crippen molar-refractivity contribution in [3.05, 3.63) is 63.7 Å². The highest BCUT2D eigenvalue weighted by Gasteiger charge is 2.39. The molecule has 2 aromatic rings. The van der Waals surface area contributed by atoms with Crippen LogP contribution in [0.15, 0.2) is 30.3 Å². The molecule has 0 amide bonds. The largest absolute Gasteiger partial charge is 0.491 e. The maximum Gasteiger partial charge on any atom is 0.198 e. The van der Waals surface area contributed by atoms with E-state index >= 15 is 0 Å². The maximum absolute atomic E-state index is 13.3. The lowest BCUT2D eigenvalue weighted by Gasteiger charge is -2.23. The molecule has 2 aliphatic rings. The molecule has 0 bridgehead atoms. The predicted molar refractivity (Wildman–Crippen MR) is 118 cm³/mol. The molecule has 2 atom stereocenters. The normalized spacial score (nSPS) is 19.4.